The maximum absolute atomic E-state index is 12.8. The molecule has 1 aromatic heterocycles. The number of rotatable bonds is 5. The number of ether oxygens (including phenoxy) is 1. The van der Waals surface area contributed by atoms with Crippen molar-refractivity contribution in [2.75, 3.05) is 13.1 Å². The van der Waals surface area contributed by atoms with Crippen molar-refractivity contribution < 1.29 is 22.4 Å². The van der Waals surface area contributed by atoms with E-state index in [4.69, 9.17) is 25.9 Å². The number of piperidine rings is 1. The maximum Gasteiger partial charge on any atom is 0.336 e. The number of carbonyl (C=O) groups excluding carboxylic acids is 1. The van der Waals surface area contributed by atoms with E-state index in [9.17, 15) is 18.0 Å². The molecule has 174 valence electrons. The Morgan fingerprint density at radius 1 is 1.21 bits per heavy atom. The molecule has 1 saturated heterocycles. The normalized spacial score (nSPS) is 17.7. The number of benzene rings is 2. The van der Waals surface area contributed by atoms with E-state index in [1.807, 2.05) is 12.1 Å². The molecule has 33 heavy (non-hydrogen) atoms. The van der Waals surface area contributed by atoms with Crippen molar-refractivity contribution in [3.8, 4) is 16.9 Å². The minimum atomic E-state index is -3.72. The van der Waals surface area contributed by atoms with E-state index in [1.165, 1.54) is 11.0 Å². The van der Waals surface area contributed by atoms with Crippen LogP contribution < -0.4 is 15.5 Å². The predicted molar refractivity (Wildman–Crippen MR) is 126 cm³/mol. The third-order valence-electron chi connectivity index (χ3n) is 5.70. The van der Waals surface area contributed by atoms with E-state index in [2.05, 4.69) is 0 Å². The number of amides is 1. The molecule has 1 amide bonds. The van der Waals surface area contributed by atoms with Gasteiger partial charge in [-0.15, -0.1) is 0 Å². The molecule has 0 saturated carbocycles. The van der Waals surface area contributed by atoms with Gasteiger partial charge >= 0.3 is 5.63 Å². The van der Waals surface area contributed by atoms with Crippen molar-refractivity contribution in [1.29, 1.82) is 0 Å². The lowest BCUT2D eigenvalue weighted by Crippen LogP contribution is -2.50. The van der Waals surface area contributed by atoms with Gasteiger partial charge in [-0.3, -0.25) is 4.79 Å². The molecular weight excluding hydrogens is 468 g/mol. The van der Waals surface area contributed by atoms with Crippen LogP contribution >= 0.6 is 11.6 Å². The molecule has 3 aromatic rings. The first kappa shape index (κ1) is 23.3. The molecule has 10 heteroatoms. The number of nitrogens with two attached hydrogens (primary N) is 1. The topological polar surface area (TPSA) is 120 Å². The molecule has 1 fully saturated rings. The summed E-state index contributed by atoms with van der Waals surface area (Å²) in [5.41, 5.74) is 1.08. The zero-order chi connectivity index (χ0) is 23.8. The number of fused-ring (bicyclic) bond motifs is 1. The van der Waals surface area contributed by atoms with Gasteiger partial charge in [-0.25, -0.2) is 18.4 Å². The first-order valence-electron chi connectivity index (χ1n) is 10.4. The maximum atomic E-state index is 12.8. The van der Waals surface area contributed by atoms with Gasteiger partial charge in [0.2, 0.25) is 10.0 Å². The second kappa shape index (κ2) is 9.17. The standard InChI is InChI=1S/C23H23ClN2O6S/c1-14(23(28)26-10-4-5-16(13-26)33(25,29)30)31-15-8-9-18-19(12-22(27)32-21(18)11-15)17-6-2-3-7-20(17)24/h2-3,6-9,11-12,14,16H,4-5,10,13H2,1H3,(H2,25,29,30). The molecule has 2 heterocycles. The highest BCUT2D eigenvalue weighted by Crippen LogP contribution is 2.34. The van der Waals surface area contributed by atoms with Crippen molar-refractivity contribution >= 4 is 38.5 Å². The van der Waals surface area contributed by atoms with Gasteiger partial charge in [-0.05, 0) is 38.0 Å². The Labute approximate surface area is 195 Å². The van der Waals surface area contributed by atoms with E-state index in [1.54, 1.807) is 37.3 Å². The van der Waals surface area contributed by atoms with Gasteiger partial charge in [0.1, 0.15) is 11.3 Å². The summed E-state index contributed by atoms with van der Waals surface area (Å²) < 4.78 is 34.5. The summed E-state index contributed by atoms with van der Waals surface area (Å²) in [6, 6.07) is 13.5. The van der Waals surface area contributed by atoms with Crippen LogP contribution in [0.5, 0.6) is 5.75 Å². The highest BCUT2D eigenvalue weighted by Gasteiger charge is 2.32. The van der Waals surface area contributed by atoms with E-state index in [0.29, 0.717) is 52.3 Å². The average molecular weight is 491 g/mol. The molecule has 2 aromatic carbocycles. The first-order chi connectivity index (χ1) is 15.6. The zero-order valence-corrected chi connectivity index (χ0v) is 19.4. The van der Waals surface area contributed by atoms with Crippen LogP contribution in [0.4, 0.5) is 0 Å². The van der Waals surface area contributed by atoms with Gasteiger partial charge in [-0.2, -0.15) is 0 Å². The summed E-state index contributed by atoms with van der Waals surface area (Å²) in [4.78, 5) is 26.5. The van der Waals surface area contributed by atoms with Gasteiger partial charge in [0.25, 0.3) is 5.91 Å². The fourth-order valence-electron chi connectivity index (χ4n) is 4.04. The van der Waals surface area contributed by atoms with Crippen LogP contribution in [-0.4, -0.2) is 43.7 Å². The van der Waals surface area contributed by atoms with Gasteiger partial charge in [0.05, 0.1) is 5.25 Å². The number of primary sulfonamides is 1. The summed E-state index contributed by atoms with van der Waals surface area (Å²) in [6.45, 7) is 2.06. The molecule has 2 atom stereocenters. The fourth-order valence-corrected chi connectivity index (χ4v) is 5.16. The number of likely N-dealkylation sites (tertiary alicyclic amines) is 1. The third-order valence-corrected chi connectivity index (χ3v) is 7.34. The molecule has 0 spiro atoms. The van der Waals surface area contributed by atoms with Crippen LogP contribution in [0.15, 0.2) is 57.7 Å². The number of hydrogen-bond acceptors (Lipinski definition) is 6. The molecule has 2 unspecified atom stereocenters. The number of nitrogens with zero attached hydrogens (tertiary/aromatic N) is 1. The molecule has 2 N–H and O–H groups in total. The lowest BCUT2D eigenvalue weighted by molar-refractivity contribution is -0.138. The molecule has 0 bridgehead atoms. The Bertz CT molecular complexity index is 1370. The summed E-state index contributed by atoms with van der Waals surface area (Å²) in [6.07, 6.45) is 0.0982. The molecule has 8 nitrogen and oxygen atoms in total. The summed E-state index contributed by atoms with van der Waals surface area (Å²) in [5.74, 6) is -0.00229. The lowest BCUT2D eigenvalue weighted by Gasteiger charge is -2.33. The molecule has 1 aliphatic heterocycles. The fraction of sp³-hybridized carbons (Fsp3) is 0.304. The quantitative estimate of drug-likeness (QED) is 0.548. The Morgan fingerprint density at radius 3 is 2.70 bits per heavy atom. The molecular formula is C23H23ClN2O6S. The second-order valence-corrected chi connectivity index (χ2v) is 10.3. The van der Waals surface area contributed by atoms with E-state index < -0.39 is 27.0 Å². The Kier molecular flexibility index (Phi) is 6.47. The predicted octanol–water partition coefficient (Wildman–Crippen LogP) is 3.16. The van der Waals surface area contributed by atoms with Crippen LogP contribution in [0, 0.1) is 0 Å². The van der Waals surface area contributed by atoms with Gasteiger partial charge in [0.15, 0.2) is 6.10 Å². The second-order valence-electron chi connectivity index (χ2n) is 8.01. The van der Waals surface area contributed by atoms with Gasteiger partial charge in [0, 0.05) is 46.8 Å². The Balaban J connectivity index is 1.58. The van der Waals surface area contributed by atoms with Crippen LogP contribution in [-0.2, 0) is 14.8 Å². The SMILES string of the molecule is CC(Oc1ccc2c(-c3ccccc3Cl)cc(=O)oc2c1)C(=O)N1CCCC(S(N)(=O)=O)C1. The number of hydrogen-bond donors (Lipinski definition) is 1. The summed E-state index contributed by atoms with van der Waals surface area (Å²) >= 11 is 6.31. The largest absolute Gasteiger partial charge is 0.481 e. The molecule has 0 radical (unpaired) electrons. The highest BCUT2D eigenvalue weighted by molar-refractivity contribution is 7.89. The van der Waals surface area contributed by atoms with Crippen LogP contribution in [0.2, 0.25) is 5.02 Å². The Hall–Kier alpha value is -2.88. The number of halogens is 1. The van der Waals surface area contributed by atoms with Crippen LogP contribution in [0.3, 0.4) is 0 Å². The molecule has 4 rings (SSSR count). The van der Waals surface area contributed by atoms with Crippen molar-refractivity contribution in [2.24, 2.45) is 5.14 Å². The molecule has 1 aliphatic rings. The van der Waals surface area contributed by atoms with E-state index in [0.717, 1.165) is 0 Å². The highest BCUT2D eigenvalue weighted by atomic mass is 35.5. The summed E-state index contributed by atoms with van der Waals surface area (Å²) in [5, 5.41) is 5.65. The van der Waals surface area contributed by atoms with Crippen molar-refractivity contribution in [1.82, 2.24) is 4.90 Å². The monoisotopic (exact) mass is 490 g/mol. The van der Waals surface area contributed by atoms with Gasteiger partial charge < -0.3 is 14.1 Å². The van der Waals surface area contributed by atoms with E-state index >= 15 is 0 Å². The van der Waals surface area contributed by atoms with Crippen LogP contribution in [0.1, 0.15) is 19.8 Å². The first-order valence-corrected chi connectivity index (χ1v) is 12.4. The average Bonchev–Trinajstić information content (AvgIpc) is 2.77. The smallest absolute Gasteiger partial charge is 0.336 e. The minimum absolute atomic E-state index is 0.0408. The Morgan fingerprint density at radius 2 is 1.97 bits per heavy atom. The molecule has 0 aliphatic carbocycles. The number of carbonyl (C=O) groups is 1. The van der Waals surface area contributed by atoms with Crippen LogP contribution in [0.25, 0.3) is 22.1 Å². The minimum Gasteiger partial charge on any atom is -0.481 e. The van der Waals surface area contributed by atoms with Crippen molar-refractivity contribution in [3.63, 3.8) is 0 Å². The third kappa shape index (κ3) is 5.05. The van der Waals surface area contributed by atoms with Crippen molar-refractivity contribution in [2.45, 2.75) is 31.1 Å². The van der Waals surface area contributed by atoms with Crippen molar-refractivity contribution in [3.05, 3.63) is 64.0 Å². The lowest BCUT2D eigenvalue weighted by atomic mass is 10.0. The zero-order valence-electron chi connectivity index (χ0n) is 17.9. The van der Waals surface area contributed by atoms with Gasteiger partial charge in [-0.1, -0.05) is 29.8 Å². The number of sulfonamides is 1. The summed E-state index contributed by atoms with van der Waals surface area (Å²) in [7, 11) is -3.72. The van der Waals surface area contributed by atoms with E-state index in [-0.39, 0.29) is 12.5 Å².